The zero-order valence-corrected chi connectivity index (χ0v) is 22.5. The molecule has 2 aliphatic heterocycles. The van der Waals surface area contributed by atoms with Crippen LogP contribution in [-0.4, -0.2) is 53.8 Å². The Balaban J connectivity index is 1.80. The van der Waals surface area contributed by atoms with Gasteiger partial charge in [0, 0.05) is 18.7 Å². The van der Waals surface area contributed by atoms with Crippen LogP contribution in [0.4, 0.5) is 0 Å². The van der Waals surface area contributed by atoms with Gasteiger partial charge in [-0.1, -0.05) is 57.2 Å². The predicted octanol–water partition coefficient (Wildman–Crippen LogP) is 6.30. The average molecular weight is 536 g/mol. The Morgan fingerprint density at radius 3 is 2.36 bits per heavy atom. The number of fused-ring (bicyclic) bond motifs is 1. The minimum absolute atomic E-state index is 0.108. The van der Waals surface area contributed by atoms with E-state index in [1.54, 1.807) is 24.3 Å². The van der Waals surface area contributed by atoms with Crippen molar-refractivity contribution in [3.8, 4) is 5.75 Å². The molecule has 0 saturated carbocycles. The van der Waals surface area contributed by atoms with Crippen molar-refractivity contribution in [1.29, 1.82) is 0 Å². The molecular formula is C27H37NO6S2. The molecule has 2 aliphatic rings. The average Bonchev–Trinajstić information content (AvgIpc) is 3.02. The molecule has 4 rings (SSSR count). The second kappa shape index (κ2) is 11.5. The summed E-state index contributed by atoms with van der Waals surface area (Å²) in [6.45, 7) is 3.74. The molecule has 0 radical (unpaired) electrons. The van der Waals surface area contributed by atoms with Gasteiger partial charge in [0.05, 0.1) is 27.7 Å². The number of likely N-dealkylation sites (tertiary alicyclic amines) is 1. The van der Waals surface area contributed by atoms with Gasteiger partial charge >= 0.3 is 0 Å². The minimum atomic E-state index is -3.96. The summed E-state index contributed by atoms with van der Waals surface area (Å²) in [7, 11) is -7.33. The van der Waals surface area contributed by atoms with Crippen LogP contribution in [0, 0.1) is 0 Å². The third-order valence-corrected chi connectivity index (χ3v) is 11.2. The molecule has 198 valence electrons. The number of hydrogen-bond donors (Lipinski definition) is 2. The Morgan fingerprint density at radius 1 is 1.00 bits per heavy atom. The van der Waals surface area contributed by atoms with Gasteiger partial charge in [-0.3, -0.25) is 13.9 Å². The van der Waals surface area contributed by atoms with Crippen LogP contribution in [0.25, 0.3) is 0 Å². The molecule has 1 amide bonds. The van der Waals surface area contributed by atoms with Gasteiger partial charge in [0.1, 0.15) is 11.0 Å². The van der Waals surface area contributed by atoms with E-state index in [1.165, 1.54) is 18.2 Å². The van der Waals surface area contributed by atoms with Crippen LogP contribution in [0.1, 0.15) is 79.5 Å². The molecule has 2 N–H and O–H groups in total. The summed E-state index contributed by atoms with van der Waals surface area (Å²) in [5, 5.41) is -1.21. The maximum Gasteiger partial charge on any atom is 0.257 e. The van der Waals surface area contributed by atoms with Crippen molar-refractivity contribution >= 4 is 26.3 Å². The van der Waals surface area contributed by atoms with Gasteiger partial charge in [-0.05, 0) is 43.5 Å². The van der Waals surface area contributed by atoms with Gasteiger partial charge in [0.15, 0.2) is 9.84 Å². The van der Waals surface area contributed by atoms with Crippen molar-refractivity contribution in [2.75, 3.05) is 25.4 Å². The van der Waals surface area contributed by atoms with E-state index in [1.807, 2.05) is 4.90 Å². The summed E-state index contributed by atoms with van der Waals surface area (Å²) >= 11 is 0. The number of carbonyl (C=O) groups is 1. The first-order valence-electron chi connectivity index (χ1n) is 12.9. The molecule has 1 atom stereocenters. The van der Waals surface area contributed by atoms with Crippen molar-refractivity contribution in [1.82, 2.24) is 4.90 Å². The molecule has 2 aromatic rings. The number of unbranched alkanes of at least 4 members (excludes halogenated alkanes) is 3. The first-order valence-corrected chi connectivity index (χ1v) is 16.2. The van der Waals surface area contributed by atoms with Crippen LogP contribution in [0.5, 0.6) is 5.75 Å². The molecule has 1 unspecified atom stereocenters. The van der Waals surface area contributed by atoms with E-state index < -0.39 is 25.7 Å². The largest absolute Gasteiger partial charge is 0.492 e. The monoisotopic (exact) mass is 535 g/mol. The maximum atomic E-state index is 13.7. The highest BCUT2D eigenvalue weighted by atomic mass is 32.3. The first-order chi connectivity index (χ1) is 17.3. The molecular weight excluding hydrogens is 498 g/mol. The lowest BCUT2D eigenvalue weighted by molar-refractivity contribution is 0.0756. The van der Waals surface area contributed by atoms with Gasteiger partial charge in [-0.25, -0.2) is 8.42 Å². The van der Waals surface area contributed by atoms with Crippen LogP contribution in [0.15, 0.2) is 52.3 Å². The third kappa shape index (κ3) is 5.59. The number of carbonyl (C=O) groups excluding carboxylic acids is 1. The molecule has 0 aromatic heterocycles. The maximum absolute atomic E-state index is 13.7. The molecule has 0 aliphatic carbocycles. The van der Waals surface area contributed by atoms with Crippen molar-refractivity contribution in [2.24, 2.45) is 0 Å². The number of sulfone groups is 1. The number of rotatable bonds is 9. The van der Waals surface area contributed by atoms with Gasteiger partial charge in [0.2, 0.25) is 0 Å². The van der Waals surface area contributed by atoms with Crippen LogP contribution in [-0.2, 0) is 9.84 Å². The van der Waals surface area contributed by atoms with E-state index in [-0.39, 0.29) is 32.8 Å². The number of amides is 1. The Bertz CT molecular complexity index is 1160. The lowest BCUT2D eigenvalue weighted by Gasteiger charge is -2.28. The molecule has 36 heavy (non-hydrogen) atoms. The normalized spacial score (nSPS) is 20.4. The third-order valence-electron chi connectivity index (χ3n) is 7.03. The summed E-state index contributed by atoms with van der Waals surface area (Å²) in [5.74, 6) is -0.338. The summed E-state index contributed by atoms with van der Waals surface area (Å²) in [6.07, 6.45) is 7.85. The molecule has 0 spiro atoms. The second-order valence-electron chi connectivity index (χ2n) is 9.65. The number of benzene rings is 2. The SMILES string of the molecule is CCCCCCOc1c(C(=O)N2CCCCCC2)ccc2c1C(S(=O)(=O)c1ccccc1)CS2(O)O. The van der Waals surface area contributed by atoms with Gasteiger partial charge in [-0.2, -0.15) is 10.6 Å². The zero-order valence-electron chi connectivity index (χ0n) is 20.9. The van der Waals surface area contributed by atoms with E-state index >= 15 is 0 Å². The highest BCUT2D eigenvalue weighted by Gasteiger charge is 2.46. The zero-order chi connectivity index (χ0) is 25.8. The van der Waals surface area contributed by atoms with E-state index in [4.69, 9.17) is 4.74 Å². The number of ether oxygens (including phenoxy) is 1. The summed E-state index contributed by atoms with van der Waals surface area (Å²) < 4.78 is 55.5. The smallest absolute Gasteiger partial charge is 0.257 e. The number of hydrogen-bond acceptors (Lipinski definition) is 6. The predicted molar refractivity (Wildman–Crippen MR) is 143 cm³/mol. The van der Waals surface area contributed by atoms with E-state index in [0.29, 0.717) is 25.3 Å². The van der Waals surface area contributed by atoms with Crippen molar-refractivity contribution in [2.45, 2.75) is 73.3 Å². The fourth-order valence-electron chi connectivity index (χ4n) is 5.05. The van der Waals surface area contributed by atoms with E-state index in [0.717, 1.165) is 51.4 Å². The molecule has 0 bridgehead atoms. The Kier molecular flexibility index (Phi) is 8.65. The summed E-state index contributed by atoms with van der Waals surface area (Å²) in [4.78, 5) is 15.8. The lowest BCUT2D eigenvalue weighted by atomic mass is 10.0. The molecule has 2 aromatic carbocycles. The van der Waals surface area contributed by atoms with Crippen molar-refractivity contribution in [3.05, 3.63) is 53.6 Å². The fraction of sp³-hybridized carbons (Fsp3) is 0.519. The lowest BCUT2D eigenvalue weighted by Crippen LogP contribution is -2.32. The van der Waals surface area contributed by atoms with Gasteiger partial charge in [0.25, 0.3) is 5.91 Å². The van der Waals surface area contributed by atoms with Gasteiger partial charge in [-0.15, -0.1) is 0 Å². The second-order valence-corrected chi connectivity index (χ2v) is 13.9. The summed E-state index contributed by atoms with van der Waals surface area (Å²) in [6, 6.07) is 11.1. The minimum Gasteiger partial charge on any atom is -0.492 e. The molecule has 1 saturated heterocycles. The van der Waals surface area contributed by atoms with Crippen molar-refractivity contribution < 1.29 is 27.1 Å². The van der Waals surface area contributed by atoms with Gasteiger partial charge < -0.3 is 9.64 Å². The number of nitrogens with zero attached hydrogens (tertiary/aromatic N) is 1. The van der Waals surface area contributed by atoms with E-state index in [2.05, 4.69) is 6.92 Å². The van der Waals surface area contributed by atoms with E-state index in [9.17, 15) is 22.3 Å². The highest BCUT2D eigenvalue weighted by molar-refractivity contribution is 8.25. The topological polar surface area (TPSA) is 104 Å². The van der Waals surface area contributed by atoms with Crippen LogP contribution in [0.2, 0.25) is 0 Å². The Labute approximate surface area is 216 Å². The molecule has 1 fully saturated rings. The molecule has 7 nitrogen and oxygen atoms in total. The van der Waals surface area contributed by atoms with Crippen LogP contribution in [0.3, 0.4) is 0 Å². The Morgan fingerprint density at radius 2 is 1.69 bits per heavy atom. The Hall–Kier alpha value is -2.07. The summed E-state index contributed by atoms with van der Waals surface area (Å²) in [5.41, 5.74) is 0.534. The molecule has 2 heterocycles. The standard InChI is InChI=1S/C27H37NO6S2/c1-2-3-4-12-19-34-26-22(27(29)28-17-10-5-6-11-18-28)15-16-23-25(26)24(20-35(23,30)31)36(32,33)21-13-8-7-9-14-21/h7-9,13-16,24,30-31H,2-6,10-12,17-20H2,1H3. The molecule has 9 heteroatoms. The quantitative estimate of drug-likeness (QED) is 0.365. The van der Waals surface area contributed by atoms with Crippen LogP contribution >= 0.6 is 10.6 Å². The first kappa shape index (κ1) is 27.0. The highest BCUT2D eigenvalue weighted by Crippen LogP contribution is 2.63. The van der Waals surface area contributed by atoms with Crippen molar-refractivity contribution in [3.63, 3.8) is 0 Å². The fourth-order valence-corrected chi connectivity index (χ4v) is 9.46. The van der Waals surface area contributed by atoms with Crippen LogP contribution < -0.4 is 4.74 Å².